The van der Waals surface area contributed by atoms with E-state index in [1.807, 2.05) is 31.2 Å². The Hall–Kier alpha value is -1.21. The Morgan fingerprint density at radius 1 is 1.19 bits per heavy atom. The molecule has 0 aliphatic heterocycles. The van der Waals surface area contributed by atoms with E-state index in [1.54, 1.807) is 20.0 Å². The third-order valence-electron chi connectivity index (χ3n) is 3.33. The van der Waals surface area contributed by atoms with Gasteiger partial charge in [-0.1, -0.05) is 29.8 Å². The van der Waals surface area contributed by atoms with Gasteiger partial charge in [-0.3, -0.25) is 0 Å². The zero-order valence-electron chi connectivity index (χ0n) is 12.3. The molecule has 1 aromatic heterocycles. The van der Waals surface area contributed by atoms with Gasteiger partial charge >= 0.3 is 0 Å². The molecule has 2 rings (SSSR count). The fourth-order valence-corrected chi connectivity index (χ4v) is 4.78. The van der Waals surface area contributed by atoms with E-state index in [1.165, 1.54) is 4.31 Å². The van der Waals surface area contributed by atoms with Crippen LogP contribution in [0.4, 0.5) is 0 Å². The van der Waals surface area contributed by atoms with E-state index < -0.39 is 10.0 Å². The van der Waals surface area contributed by atoms with Crippen molar-refractivity contribution in [2.45, 2.75) is 31.2 Å². The van der Waals surface area contributed by atoms with Gasteiger partial charge in [-0.15, -0.1) is 11.3 Å². The van der Waals surface area contributed by atoms with Gasteiger partial charge in [0.05, 0.1) is 6.61 Å². The van der Waals surface area contributed by atoms with Crippen molar-refractivity contribution in [3.8, 4) is 0 Å². The van der Waals surface area contributed by atoms with Crippen molar-refractivity contribution in [1.29, 1.82) is 0 Å². The van der Waals surface area contributed by atoms with Gasteiger partial charge in [0.2, 0.25) is 0 Å². The van der Waals surface area contributed by atoms with Gasteiger partial charge in [-0.25, -0.2) is 8.42 Å². The van der Waals surface area contributed by atoms with Gasteiger partial charge in [0.15, 0.2) is 0 Å². The number of sulfonamides is 1. The summed E-state index contributed by atoms with van der Waals surface area (Å²) in [6, 6.07) is 9.42. The van der Waals surface area contributed by atoms with Crippen LogP contribution in [0.1, 0.15) is 21.6 Å². The predicted octanol–water partition coefficient (Wildman–Crippen LogP) is 2.68. The lowest BCUT2D eigenvalue weighted by atomic mass is 10.1. The number of hydrogen-bond acceptors (Lipinski definition) is 4. The third-order valence-corrected chi connectivity index (χ3v) is 6.81. The Morgan fingerprint density at radius 2 is 1.81 bits per heavy atom. The topological polar surface area (TPSA) is 57.6 Å². The quantitative estimate of drug-likeness (QED) is 0.919. The summed E-state index contributed by atoms with van der Waals surface area (Å²) in [6.45, 7) is 4.00. The summed E-state index contributed by atoms with van der Waals surface area (Å²) in [6.07, 6.45) is 0. The van der Waals surface area contributed by atoms with Crippen LogP contribution in [0.5, 0.6) is 0 Å². The first-order chi connectivity index (χ1) is 9.84. The monoisotopic (exact) mass is 325 g/mol. The highest BCUT2D eigenvalue weighted by molar-refractivity contribution is 7.91. The van der Waals surface area contributed by atoms with E-state index in [4.69, 9.17) is 0 Å². The Balaban J connectivity index is 2.23. The molecule has 0 saturated carbocycles. The molecular formula is C15H19NO3S2. The molecule has 0 bridgehead atoms. The summed E-state index contributed by atoms with van der Waals surface area (Å²) >= 11 is 1.13. The number of thiophene rings is 1. The highest BCUT2D eigenvalue weighted by Gasteiger charge is 2.24. The standard InChI is InChI=1S/C15H19NO3S2/c1-11-4-6-13(7-5-11)9-16(3)21(18,19)15-8-12(2)14(10-17)20-15/h4-8,17H,9-10H2,1-3H3. The molecule has 21 heavy (non-hydrogen) atoms. The molecule has 0 amide bonds. The summed E-state index contributed by atoms with van der Waals surface area (Å²) in [4.78, 5) is 0.692. The summed E-state index contributed by atoms with van der Waals surface area (Å²) < 4.78 is 26.7. The summed E-state index contributed by atoms with van der Waals surface area (Å²) in [5.41, 5.74) is 2.90. The van der Waals surface area contributed by atoms with Crippen LogP contribution in [0.3, 0.4) is 0 Å². The summed E-state index contributed by atoms with van der Waals surface area (Å²) in [7, 11) is -1.95. The molecule has 1 aromatic carbocycles. The average Bonchev–Trinajstić information content (AvgIpc) is 2.83. The van der Waals surface area contributed by atoms with E-state index in [-0.39, 0.29) is 10.8 Å². The molecule has 0 atom stereocenters. The van der Waals surface area contributed by atoms with Crippen molar-refractivity contribution >= 4 is 21.4 Å². The molecule has 0 fully saturated rings. The number of benzene rings is 1. The van der Waals surface area contributed by atoms with Crippen LogP contribution in [-0.4, -0.2) is 24.9 Å². The van der Waals surface area contributed by atoms with Crippen LogP contribution in [0.25, 0.3) is 0 Å². The third kappa shape index (κ3) is 3.52. The molecule has 0 radical (unpaired) electrons. The molecule has 0 unspecified atom stereocenters. The van der Waals surface area contributed by atoms with Crippen LogP contribution in [-0.2, 0) is 23.2 Å². The Bertz CT molecular complexity index is 718. The maximum atomic E-state index is 12.5. The lowest BCUT2D eigenvalue weighted by Crippen LogP contribution is -2.25. The Kier molecular flexibility index (Phi) is 4.83. The molecular weight excluding hydrogens is 306 g/mol. The molecule has 6 heteroatoms. The number of rotatable bonds is 5. The molecule has 2 aromatic rings. The van der Waals surface area contributed by atoms with Gasteiger partial charge in [0, 0.05) is 18.5 Å². The van der Waals surface area contributed by atoms with Crippen LogP contribution >= 0.6 is 11.3 Å². The van der Waals surface area contributed by atoms with Crippen molar-refractivity contribution in [1.82, 2.24) is 4.31 Å². The summed E-state index contributed by atoms with van der Waals surface area (Å²) in [5, 5.41) is 9.20. The van der Waals surface area contributed by atoms with Crippen molar-refractivity contribution < 1.29 is 13.5 Å². The second-order valence-electron chi connectivity index (χ2n) is 5.08. The van der Waals surface area contributed by atoms with Gasteiger partial charge in [0.25, 0.3) is 10.0 Å². The predicted molar refractivity (Wildman–Crippen MR) is 84.8 cm³/mol. The molecule has 0 aliphatic rings. The second kappa shape index (κ2) is 6.27. The van der Waals surface area contributed by atoms with Crippen molar-refractivity contribution in [2.75, 3.05) is 7.05 Å². The molecule has 4 nitrogen and oxygen atoms in total. The number of hydrogen-bond donors (Lipinski definition) is 1. The second-order valence-corrected chi connectivity index (χ2v) is 8.48. The minimum atomic E-state index is -3.52. The van der Waals surface area contributed by atoms with Crippen molar-refractivity contribution in [3.63, 3.8) is 0 Å². The number of aliphatic hydroxyl groups excluding tert-OH is 1. The van der Waals surface area contributed by atoms with E-state index >= 15 is 0 Å². The van der Waals surface area contributed by atoms with Gasteiger partial charge in [-0.2, -0.15) is 4.31 Å². The van der Waals surface area contributed by atoms with Gasteiger partial charge < -0.3 is 5.11 Å². The molecule has 1 N–H and O–H groups in total. The van der Waals surface area contributed by atoms with Gasteiger partial charge in [-0.05, 0) is 31.0 Å². The first-order valence-corrected chi connectivity index (χ1v) is 8.82. The highest BCUT2D eigenvalue weighted by Crippen LogP contribution is 2.28. The molecule has 114 valence electrons. The van der Waals surface area contributed by atoms with Crippen LogP contribution in [0.15, 0.2) is 34.5 Å². The largest absolute Gasteiger partial charge is 0.391 e. The zero-order valence-corrected chi connectivity index (χ0v) is 14.0. The number of aryl methyl sites for hydroxylation is 2. The minimum Gasteiger partial charge on any atom is -0.391 e. The maximum Gasteiger partial charge on any atom is 0.252 e. The first kappa shape index (κ1) is 16.2. The number of aliphatic hydroxyl groups is 1. The van der Waals surface area contributed by atoms with Crippen LogP contribution in [0.2, 0.25) is 0 Å². The smallest absolute Gasteiger partial charge is 0.252 e. The van der Waals surface area contributed by atoms with Crippen molar-refractivity contribution in [3.05, 3.63) is 51.9 Å². The lowest BCUT2D eigenvalue weighted by Gasteiger charge is -2.16. The number of nitrogens with zero attached hydrogens (tertiary/aromatic N) is 1. The molecule has 1 heterocycles. The Labute approximate surface area is 129 Å². The van der Waals surface area contributed by atoms with Gasteiger partial charge in [0.1, 0.15) is 4.21 Å². The summed E-state index contributed by atoms with van der Waals surface area (Å²) in [5.74, 6) is 0. The minimum absolute atomic E-state index is 0.131. The van der Waals surface area contributed by atoms with E-state index in [0.717, 1.165) is 28.0 Å². The van der Waals surface area contributed by atoms with Crippen molar-refractivity contribution in [2.24, 2.45) is 0 Å². The first-order valence-electron chi connectivity index (χ1n) is 6.56. The normalized spacial score (nSPS) is 12.0. The van der Waals surface area contributed by atoms with Crippen LogP contribution < -0.4 is 0 Å². The van der Waals surface area contributed by atoms with Crippen LogP contribution in [0, 0.1) is 13.8 Å². The van der Waals surface area contributed by atoms with E-state index in [0.29, 0.717) is 11.4 Å². The lowest BCUT2D eigenvalue weighted by molar-refractivity contribution is 0.285. The SMILES string of the molecule is Cc1ccc(CN(C)S(=O)(=O)c2cc(C)c(CO)s2)cc1. The van der Waals surface area contributed by atoms with E-state index in [2.05, 4.69) is 0 Å². The zero-order chi connectivity index (χ0) is 15.6. The Morgan fingerprint density at radius 3 is 2.33 bits per heavy atom. The average molecular weight is 325 g/mol. The highest BCUT2D eigenvalue weighted by atomic mass is 32.2. The maximum absolute atomic E-state index is 12.5. The fourth-order valence-electron chi connectivity index (χ4n) is 1.96. The fraction of sp³-hybridized carbons (Fsp3) is 0.333. The molecule has 0 saturated heterocycles. The molecule has 0 spiro atoms. The molecule has 0 aliphatic carbocycles. The van der Waals surface area contributed by atoms with E-state index in [9.17, 15) is 13.5 Å².